The number of benzene rings is 1. The quantitative estimate of drug-likeness (QED) is 0.422. The third-order valence-corrected chi connectivity index (χ3v) is 7.68. The lowest BCUT2D eigenvalue weighted by atomic mass is 10.0. The third-order valence-electron chi connectivity index (χ3n) is 7.37. The second kappa shape index (κ2) is 8.64. The number of carbonyl (C=O) groups excluding carboxylic acids is 1. The number of carbonyl (C=O) groups is 1. The first-order valence-corrected chi connectivity index (χ1v) is 12.2. The zero-order chi connectivity index (χ0) is 25.8. The molecule has 1 aromatic carbocycles. The van der Waals surface area contributed by atoms with E-state index in [1.807, 2.05) is 6.07 Å². The molecule has 1 saturated carbocycles. The van der Waals surface area contributed by atoms with Crippen molar-refractivity contribution in [2.45, 2.75) is 24.9 Å². The summed E-state index contributed by atoms with van der Waals surface area (Å²) in [6, 6.07) is 12.0. The molecule has 4 aromatic rings. The Morgan fingerprint density at radius 3 is 2.81 bits per heavy atom. The number of aromatic nitrogens is 3. The number of hydrogen-bond acceptors (Lipinski definition) is 8. The van der Waals surface area contributed by atoms with Crippen LogP contribution >= 0.6 is 11.6 Å². The third kappa shape index (κ3) is 3.79. The SMILES string of the molecule is Cn1cc(-c2ccc(C(=O)N[C@@H]3[C@H]4CC[C@@H]3N(c3nc(C#N)cc5c(N)noc35)C4)c(Cl)c2)ccc1=O. The maximum absolute atomic E-state index is 13.3. The van der Waals surface area contributed by atoms with Crippen molar-refractivity contribution in [1.82, 2.24) is 20.0 Å². The number of halogens is 1. The number of anilines is 2. The van der Waals surface area contributed by atoms with Crippen LogP contribution in [0.5, 0.6) is 0 Å². The van der Waals surface area contributed by atoms with Crippen molar-refractivity contribution < 1.29 is 9.32 Å². The van der Waals surface area contributed by atoms with Gasteiger partial charge in [0.15, 0.2) is 11.6 Å². The number of nitrogens with one attached hydrogen (secondary N) is 1. The Morgan fingerprint density at radius 1 is 1.24 bits per heavy atom. The van der Waals surface area contributed by atoms with Crippen LogP contribution in [0.15, 0.2) is 51.9 Å². The maximum Gasteiger partial charge on any atom is 0.253 e. The maximum atomic E-state index is 13.3. The molecule has 3 N–H and O–H groups in total. The standard InChI is InChI=1S/C26H22ClN7O3/c1-33-11-14(4-7-21(33)35)13-2-5-17(19(27)8-13)26(36)31-22-15-3-6-20(22)34(12-15)25-23-18(24(29)32-37-23)9-16(10-28)30-25/h2,4-5,7-9,11,15,20,22H,3,6,12H2,1H3,(H2,29,32)(H,31,36)/t15-,20-,22+/m0/s1. The average Bonchev–Trinajstić information content (AvgIpc) is 3.57. The predicted molar refractivity (Wildman–Crippen MR) is 138 cm³/mol. The van der Waals surface area contributed by atoms with Crippen LogP contribution in [-0.2, 0) is 7.05 Å². The highest BCUT2D eigenvalue weighted by atomic mass is 35.5. The molecule has 1 aliphatic heterocycles. The topological polar surface area (TPSA) is 143 Å². The Labute approximate surface area is 216 Å². The summed E-state index contributed by atoms with van der Waals surface area (Å²) in [7, 11) is 1.68. The van der Waals surface area contributed by atoms with Gasteiger partial charge in [0.25, 0.3) is 5.91 Å². The Morgan fingerprint density at radius 2 is 2.05 bits per heavy atom. The van der Waals surface area contributed by atoms with E-state index in [2.05, 4.69) is 26.4 Å². The zero-order valence-corrected chi connectivity index (χ0v) is 20.6. The van der Waals surface area contributed by atoms with Gasteiger partial charge in [-0.1, -0.05) is 22.8 Å². The highest BCUT2D eigenvalue weighted by Gasteiger charge is 2.49. The van der Waals surface area contributed by atoms with Crippen LogP contribution in [0.3, 0.4) is 0 Å². The Kier molecular flexibility index (Phi) is 5.38. The van der Waals surface area contributed by atoms with E-state index in [-0.39, 0.29) is 41.0 Å². The molecule has 2 bridgehead atoms. The fraction of sp³-hybridized carbons (Fsp3) is 0.269. The number of hydrogen-bond donors (Lipinski definition) is 2. The van der Waals surface area contributed by atoms with Crippen molar-refractivity contribution in [3.05, 3.63) is 69.2 Å². The summed E-state index contributed by atoms with van der Waals surface area (Å²) < 4.78 is 6.94. The highest BCUT2D eigenvalue weighted by Crippen LogP contribution is 2.43. The van der Waals surface area contributed by atoms with Crippen LogP contribution in [0.2, 0.25) is 5.02 Å². The van der Waals surface area contributed by atoms with Crippen LogP contribution in [0, 0.1) is 17.2 Å². The van der Waals surface area contributed by atoms with Crippen LogP contribution < -0.4 is 21.5 Å². The number of nitriles is 1. The Hall–Kier alpha value is -4.36. The van der Waals surface area contributed by atoms with Crippen molar-refractivity contribution >= 4 is 40.1 Å². The van der Waals surface area contributed by atoms with E-state index in [0.717, 1.165) is 24.0 Å². The lowest BCUT2D eigenvalue weighted by Crippen LogP contribution is -2.44. The lowest BCUT2D eigenvalue weighted by Gasteiger charge is -2.28. The van der Waals surface area contributed by atoms with Gasteiger partial charge in [-0.2, -0.15) is 5.26 Å². The summed E-state index contributed by atoms with van der Waals surface area (Å²) in [4.78, 5) is 31.5. The normalized spacial score (nSPS) is 20.4. The molecule has 3 atom stereocenters. The van der Waals surface area contributed by atoms with Gasteiger partial charge in [0.1, 0.15) is 11.8 Å². The molecule has 1 aliphatic carbocycles. The molecule has 1 saturated heterocycles. The summed E-state index contributed by atoms with van der Waals surface area (Å²) in [6.45, 7) is 0.659. The van der Waals surface area contributed by atoms with Gasteiger partial charge in [-0.3, -0.25) is 9.59 Å². The first kappa shape index (κ1) is 23.1. The number of rotatable bonds is 4. The zero-order valence-electron chi connectivity index (χ0n) is 19.8. The number of nitrogen functional groups attached to an aromatic ring is 1. The van der Waals surface area contributed by atoms with Gasteiger partial charge in [-0.25, -0.2) is 4.98 Å². The fourth-order valence-corrected chi connectivity index (χ4v) is 5.79. The van der Waals surface area contributed by atoms with E-state index in [1.165, 1.54) is 10.6 Å². The van der Waals surface area contributed by atoms with Gasteiger partial charge in [-0.05, 0) is 54.2 Å². The van der Waals surface area contributed by atoms with Gasteiger partial charge in [0.2, 0.25) is 11.1 Å². The summed E-state index contributed by atoms with van der Waals surface area (Å²) in [6.07, 6.45) is 3.55. The number of nitrogens with zero attached hydrogens (tertiary/aromatic N) is 5. The van der Waals surface area contributed by atoms with E-state index >= 15 is 0 Å². The number of piperidine rings is 1. The molecule has 6 rings (SSSR count). The Bertz CT molecular complexity index is 1670. The number of fused-ring (bicyclic) bond motifs is 3. The van der Waals surface area contributed by atoms with Crippen molar-refractivity contribution in [1.29, 1.82) is 5.26 Å². The van der Waals surface area contributed by atoms with Crippen molar-refractivity contribution in [2.75, 3.05) is 17.2 Å². The van der Waals surface area contributed by atoms with Crippen LogP contribution in [0.4, 0.5) is 11.6 Å². The second-order valence-electron chi connectivity index (χ2n) is 9.51. The largest absolute Gasteiger partial charge is 0.380 e. The molecule has 10 nitrogen and oxygen atoms in total. The van der Waals surface area contributed by atoms with Crippen LogP contribution in [-0.4, -0.2) is 39.2 Å². The summed E-state index contributed by atoms with van der Waals surface area (Å²) in [5.41, 5.74) is 8.50. The fourth-order valence-electron chi connectivity index (χ4n) is 5.53. The lowest BCUT2D eigenvalue weighted by molar-refractivity contribution is 0.0932. The molecule has 0 spiro atoms. The van der Waals surface area contributed by atoms with Gasteiger partial charge >= 0.3 is 0 Å². The number of amides is 1. The smallest absolute Gasteiger partial charge is 0.253 e. The van der Waals surface area contributed by atoms with Crippen LogP contribution in [0.25, 0.3) is 22.1 Å². The average molecular weight is 516 g/mol. The first-order valence-electron chi connectivity index (χ1n) is 11.8. The molecular formula is C26H22ClN7O3. The van der Waals surface area contributed by atoms with E-state index in [4.69, 9.17) is 21.9 Å². The minimum absolute atomic E-state index is 0.0198. The minimum Gasteiger partial charge on any atom is -0.380 e. The number of nitrogens with two attached hydrogens (primary N) is 1. The number of pyridine rings is 2. The molecule has 2 aliphatic rings. The van der Waals surface area contributed by atoms with E-state index < -0.39 is 0 Å². The van der Waals surface area contributed by atoms with Gasteiger partial charge in [0.05, 0.1) is 28.1 Å². The second-order valence-corrected chi connectivity index (χ2v) is 9.91. The minimum atomic E-state index is -0.256. The first-order chi connectivity index (χ1) is 17.8. The molecule has 186 valence electrons. The van der Waals surface area contributed by atoms with Gasteiger partial charge in [0, 0.05) is 25.9 Å². The summed E-state index contributed by atoms with van der Waals surface area (Å²) >= 11 is 6.53. The molecule has 3 aromatic heterocycles. The molecule has 37 heavy (non-hydrogen) atoms. The molecule has 11 heteroatoms. The Balaban J connectivity index is 1.25. The van der Waals surface area contributed by atoms with E-state index in [9.17, 15) is 14.9 Å². The van der Waals surface area contributed by atoms with Gasteiger partial charge < -0.3 is 25.0 Å². The van der Waals surface area contributed by atoms with E-state index in [1.54, 1.807) is 37.5 Å². The summed E-state index contributed by atoms with van der Waals surface area (Å²) in [5, 5.41) is 17.4. The van der Waals surface area contributed by atoms with Crippen molar-refractivity contribution in [2.24, 2.45) is 13.0 Å². The molecular weight excluding hydrogens is 494 g/mol. The molecule has 1 amide bonds. The number of aryl methyl sites for hydroxylation is 1. The van der Waals surface area contributed by atoms with Crippen LogP contribution in [0.1, 0.15) is 28.9 Å². The predicted octanol–water partition coefficient (Wildman–Crippen LogP) is 3.09. The van der Waals surface area contributed by atoms with Crippen molar-refractivity contribution in [3.8, 4) is 17.2 Å². The molecule has 0 radical (unpaired) electrons. The molecule has 4 heterocycles. The monoisotopic (exact) mass is 515 g/mol. The molecule has 0 unspecified atom stereocenters. The molecule has 2 fully saturated rings. The van der Waals surface area contributed by atoms with Crippen molar-refractivity contribution in [3.63, 3.8) is 0 Å². The summed E-state index contributed by atoms with van der Waals surface area (Å²) in [5.74, 6) is 0.679. The highest BCUT2D eigenvalue weighted by molar-refractivity contribution is 6.34. The van der Waals surface area contributed by atoms with E-state index in [0.29, 0.717) is 33.9 Å². The van der Waals surface area contributed by atoms with Gasteiger partial charge in [-0.15, -0.1) is 0 Å².